The van der Waals surface area contributed by atoms with Crippen LogP contribution in [0, 0.1) is 6.92 Å². The summed E-state index contributed by atoms with van der Waals surface area (Å²) in [6, 6.07) is 8.03. The topological polar surface area (TPSA) is 76.7 Å². The van der Waals surface area contributed by atoms with E-state index < -0.39 is 0 Å². The van der Waals surface area contributed by atoms with E-state index in [1.54, 1.807) is 11.8 Å². The van der Waals surface area contributed by atoms with E-state index in [0.29, 0.717) is 11.8 Å². The summed E-state index contributed by atoms with van der Waals surface area (Å²) in [6.07, 6.45) is 0. The molecular formula is C15H17N5OS2. The predicted molar refractivity (Wildman–Crippen MR) is 92.8 cm³/mol. The average molecular weight is 347 g/mol. The minimum absolute atomic E-state index is 0.0177. The number of rotatable bonds is 6. The minimum atomic E-state index is 0.0177. The van der Waals surface area contributed by atoms with Crippen molar-refractivity contribution in [3.05, 3.63) is 35.7 Å². The third-order valence-corrected chi connectivity index (χ3v) is 5.15. The standard InChI is InChI=1S/C15H17N5OS2/c1-4-16-14-19-20-15(23-14)22-10(3)12-17-18-13(21-12)11-7-5-9(2)6-8-11/h5-8,10H,4H2,1-3H3,(H,16,19)/t10-/m0/s1. The molecule has 6 nitrogen and oxygen atoms in total. The Morgan fingerprint density at radius 1 is 1.17 bits per heavy atom. The average Bonchev–Trinajstić information content (AvgIpc) is 3.18. The maximum Gasteiger partial charge on any atom is 0.247 e. The SMILES string of the molecule is CCNc1nnc(S[C@@H](C)c2nnc(-c3ccc(C)cc3)o2)s1. The Hall–Kier alpha value is -1.93. The van der Waals surface area contributed by atoms with Crippen molar-refractivity contribution in [3.8, 4) is 11.5 Å². The fourth-order valence-corrected chi connectivity index (χ4v) is 3.89. The van der Waals surface area contributed by atoms with Gasteiger partial charge in [-0.2, -0.15) is 0 Å². The van der Waals surface area contributed by atoms with Gasteiger partial charge >= 0.3 is 0 Å². The predicted octanol–water partition coefficient (Wildman–Crippen LogP) is 4.18. The van der Waals surface area contributed by atoms with E-state index in [-0.39, 0.29) is 5.25 Å². The molecular weight excluding hydrogens is 330 g/mol. The summed E-state index contributed by atoms with van der Waals surface area (Å²) >= 11 is 3.09. The van der Waals surface area contributed by atoms with E-state index in [9.17, 15) is 0 Å². The van der Waals surface area contributed by atoms with Crippen LogP contribution in [0.4, 0.5) is 5.13 Å². The number of aromatic nitrogens is 4. The summed E-state index contributed by atoms with van der Waals surface area (Å²) in [7, 11) is 0. The molecule has 0 fully saturated rings. The maximum atomic E-state index is 5.80. The number of benzene rings is 1. The molecule has 0 aliphatic rings. The second-order valence-corrected chi connectivity index (χ2v) is 7.54. The monoisotopic (exact) mass is 347 g/mol. The van der Waals surface area contributed by atoms with E-state index >= 15 is 0 Å². The lowest BCUT2D eigenvalue weighted by molar-refractivity contribution is 0.509. The molecule has 1 N–H and O–H groups in total. The van der Waals surface area contributed by atoms with Gasteiger partial charge < -0.3 is 9.73 Å². The third-order valence-electron chi connectivity index (χ3n) is 3.10. The molecule has 0 saturated carbocycles. The molecule has 23 heavy (non-hydrogen) atoms. The van der Waals surface area contributed by atoms with Crippen molar-refractivity contribution in [2.45, 2.75) is 30.4 Å². The number of anilines is 1. The fraction of sp³-hybridized carbons (Fsp3) is 0.333. The van der Waals surface area contributed by atoms with Crippen LogP contribution in [0.1, 0.15) is 30.6 Å². The Morgan fingerprint density at radius 2 is 1.96 bits per heavy atom. The van der Waals surface area contributed by atoms with Gasteiger partial charge in [0.2, 0.25) is 16.9 Å². The van der Waals surface area contributed by atoms with Gasteiger partial charge in [0.15, 0.2) is 4.34 Å². The van der Waals surface area contributed by atoms with Gasteiger partial charge in [0.25, 0.3) is 0 Å². The largest absolute Gasteiger partial charge is 0.419 e. The van der Waals surface area contributed by atoms with Crippen molar-refractivity contribution in [2.75, 3.05) is 11.9 Å². The fourth-order valence-electron chi connectivity index (χ4n) is 1.89. The van der Waals surface area contributed by atoms with Crippen LogP contribution in [0.5, 0.6) is 0 Å². The molecule has 1 atom stereocenters. The number of hydrogen-bond donors (Lipinski definition) is 1. The highest BCUT2D eigenvalue weighted by Gasteiger charge is 2.18. The van der Waals surface area contributed by atoms with Crippen molar-refractivity contribution in [1.82, 2.24) is 20.4 Å². The maximum absolute atomic E-state index is 5.80. The van der Waals surface area contributed by atoms with Gasteiger partial charge in [-0.25, -0.2) is 0 Å². The molecule has 120 valence electrons. The van der Waals surface area contributed by atoms with Gasteiger partial charge in [-0.05, 0) is 32.9 Å². The van der Waals surface area contributed by atoms with Gasteiger partial charge in [-0.3, -0.25) is 0 Å². The molecule has 0 spiro atoms. The van der Waals surface area contributed by atoms with Crippen molar-refractivity contribution in [3.63, 3.8) is 0 Å². The molecule has 3 aromatic rings. The molecule has 2 heterocycles. The van der Waals surface area contributed by atoms with Crippen molar-refractivity contribution in [2.24, 2.45) is 0 Å². The molecule has 2 aromatic heterocycles. The zero-order valence-corrected chi connectivity index (χ0v) is 14.7. The molecule has 3 rings (SSSR count). The number of nitrogens with one attached hydrogen (secondary N) is 1. The molecule has 0 aliphatic carbocycles. The highest BCUT2D eigenvalue weighted by molar-refractivity contribution is 8.01. The highest BCUT2D eigenvalue weighted by Crippen LogP contribution is 2.37. The lowest BCUT2D eigenvalue weighted by atomic mass is 10.1. The number of hydrogen-bond acceptors (Lipinski definition) is 8. The second kappa shape index (κ2) is 7.10. The molecule has 0 aliphatic heterocycles. The Bertz CT molecular complexity index is 768. The van der Waals surface area contributed by atoms with Gasteiger partial charge in [0.05, 0.1) is 5.25 Å². The quantitative estimate of drug-likeness (QED) is 0.670. The summed E-state index contributed by atoms with van der Waals surface area (Å²) < 4.78 is 6.67. The number of thioether (sulfide) groups is 1. The van der Waals surface area contributed by atoms with Crippen LogP contribution >= 0.6 is 23.1 Å². The van der Waals surface area contributed by atoms with Gasteiger partial charge in [0.1, 0.15) is 0 Å². The molecule has 0 bridgehead atoms. The normalized spacial score (nSPS) is 12.3. The smallest absolute Gasteiger partial charge is 0.247 e. The highest BCUT2D eigenvalue weighted by atomic mass is 32.2. The Morgan fingerprint density at radius 3 is 2.70 bits per heavy atom. The van der Waals surface area contributed by atoms with E-state index in [4.69, 9.17) is 4.42 Å². The molecule has 0 saturated heterocycles. The van der Waals surface area contributed by atoms with Crippen LogP contribution in [0.3, 0.4) is 0 Å². The van der Waals surface area contributed by atoms with E-state index in [1.165, 1.54) is 16.9 Å². The van der Waals surface area contributed by atoms with Crippen LogP contribution in [0.15, 0.2) is 33.0 Å². The second-order valence-electron chi connectivity index (χ2n) is 4.98. The number of nitrogens with zero attached hydrogens (tertiary/aromatic N) is 4. The summed E-state index contributed by atoms with van der Waals surface area (Å²) in [4.78, 5) is 0. The summed E-state index contributed by atoms with van der Waals surface area (Å²) in [5.74, 6) is 1.13. The first kappa shape index (κ1) is 15.9. The van der Waals surface area contributed by atoms with Crippen LogP contribution in [-0.4, -0.2) is 26.9 Å². The minimum Gasteiger partial charge on any atom is -0.419 e. The zero-order valence-electron chi connectivity index (χ0n) is 13.1. The van der Waals surface area contributed by atoms with Gasteiger partial charge in [-0.15, -0.1) is 20.4 Å². The first-order valence-corrected chi connectivity index (χ1v) is 8.99. The first-order chi connectivity index (χ1) is 11.2. The van der Waals surface area contributed by atoms with Crippen LogP contribution in [-0.2, 0) is 0 Å². The lowest BCUT2D eigenvalue weighted by Crippen LogP contribution is -1.94. The van der Waals surface area contributed by atoms with Crippen molar-refractivity contribution >= 4 is 28.2 Å². The first-order valence-electron chi connectivity index (χ1n) is 7.30. The Kier molecular flexibility index (Phi) is 4.92. The third kappa shape index (κ3) is 3.89. The van der Waals surface area contributed by atoms with Crippen LogP contribution in [0.25, 0.3) is 11.5 Å². The van der Waals surface area contributed by atoms with E-state index in [0.717, 1.165) is 21.6 Å². The molecule has 0 amide bonds. The van der Waals surface area contributed by atoms with Crippen LogP contribution < -0.4 is 5.32 Å². The van der Waals surface area contributed by atoms with E-state index in [1.807, 2.05) is 45.0 Å². The van der Waals surface area contributed by atoms with Gasteiger partial charge in [0, 0.05) is 12.1 Å². The van der Waals surface area contributed by atoms with Crippen LogP contribution in [0.2, 0.25) is 0 Å². The van der Waals surface area contributed by atoms with Gasteiger partial charge in [-0.1, -0.05) is 40.8 Å². The summed E-state index contributed by atoms with van der Waals surface area (Å²) in [6.45, 7) is 6.93. The molecule has 0 unspecified atom stereocenters. The Balaban J connectivity index is 1.70. The summed E-state index contributed by atoms with van der Waals surface area (Å²) in [5, 5.41) is 20.5. The van der Waals surface area contributed by atoms with E-state index in [2.05, 4.69) is 25.7 Å². The molecule has 8 heteroatoms. The molecule has 0 radical (unpaired) electrons. The van der Waals surface area contributed by atoms with Crippen molar-refractivity contribution in [1.29, 1.82) is 0 Å². The summed E-state index contributed by atoms with van der Waals surface area (Å²) in [5.41, 5.74) is 2.13. The zero-order chi connectivity index (χ0) is 16.2. The number of aryl methyl sites for hydroxylation is 1. The van der Waals surface area contributed by atoms with Crippen molar-refractivity contribution < 1.29 is 4.42 Å². The molecule has 1 aromatic carbocycles. The Labute approximate surface area is 142 Å². The lowest BCUT2D eigenvalue weighted by Gasteiger charge is -2.02.